The highest BCUT2D eigenvalue weighted by Crippen LogP contribution is 2.25. The molecular formula is C19H19N3S. The van der Waals surface area contributed by atoms with Crippen LogP contribution in [-0.2, 0) is 6.42 Å². The molecule has 0 unspecified atom stereocenters. The molecular weight excluding hydrogens is 302 g/mol. The van der Waals surface area contributed by atoms with Crippen LogP contribution in [0.4, 0.5) is 5.13 Å². The monoisotopic (exact) mass is 321 g/mol. The molecule has 3 nitrogen and oxygen atoms in total. The molecule has 0 atom stereocenters. The molecule has 1 heterocycles. The quantitative estimate of drug-likeness (QED) is 0.521. The fourth-order valence-electron chi connectivity index (χ4n) is 2.26. The zero-order chi connectivity index (χ0) is 16.1. The van der Waals surface area contributed by atoms with Crippen LogP contribution in [0.25, 0.3) is 11.3 Å². The zero-order valence-corrected chi connectivity index (χ0v) is 14.1. The van der Waals surface area contributed by atoms with Gasteiger partial charge in [0.1, 0.15) is 0 Å². The maximum atomic E-state index is 4.59. The average Bonchev–Trinajstić information content (AvgIpc) is 3.04. The lowest BCUT2D eigenvalue weighted by Crippen LogP contribution is -2.01. The Morgan fingerprint density at radius 3 is 2.57 bits per heavy atom. The van der Waals surface area contributed by atoms with Crippen LogP contribution in [0.2, 0.25) is 0 Å². The van der Waals surface area contributed by atoms with Crippen LogP contribution < -0.4 is 5.43 Å². The number of thiazole rings is 1. The van der Waals surface area contributed by atoms with E-state index in [0.717, 1.165) is 28.5 Å². The lowest BCUT2D eigenvalue weighted by Gasteiger charge is -2.01. The standard InChI is InChI=1S/C19H19N3S/c1-14-8-10-17(11-9-14)18-13-23-19(20-18)22-21-15(2)12-16-6-4-3-5-7-16/h3-11,13H,12H2,1-2H3,(H,20,22). The van der Waals surface area contributed by atoms with Gasteiger partial charge in [-0.2, -0.15) is 5.10 Å². The van der Waals surface area contributed by atoms with Crippen LogP contribution in [-0.4, -0.2) is 10.7 Å². The lowest BCUT2D eigenvalue weighted by atomic mass is 10.1. The lowest BCUT2D eigenvalue weighted by molar-refractivity contribution is 1.22. The SMILES string of the molecule is CC(Cc1ccccc1)=NNc1nc(-c2ccc(C)cc2)cs1. The first-order chi connectivity index (χ1) is 11.2. The second-order valence-electron chi connectivity index (χ2n) is 5.53. The van der Waals surface area contributed by atoms with E-state index in [4.69, 9.17) is 0 Å². The van der Waals surface area contributed by atoms with E-state index in [0.29, 0.717) is 0 Å². The number of rotatable bonds is 5. The number of benzene rings is 2. The Kier molecular flexibility index (Phi) is 4.83. The molecule has 116 valence electrons. The molecule has 1 N–H and O–H groups in total. The van der Waals surface area contributed by atoms with Gasteiger partial charge < -0.3 is 0 Å². The third kappa shape index (κ3) is 4.27. The van der Waals surface area contributed by atoms with Gasteiger partial charge in [-0.1, -0.05) is 60.2 Å². The molecule has 0 aliphatic rings. The minimum atomic E-state index is 0.813. The number of nitrogens with zero attached hydrogens (tertiary/aromatic N) is 2. The van der Waals surface area contributed by atoms with Crippen molar-refractivity contribution in [3.8, 4) is 11.3 Å². The van der Waals surface area contributed by atoms with Crippen molar-refractivity contribution in [2.75, 3.05) is 5.43 Å². The summed E-state index contributed by atoms with van der Waals surface area (Å²) in [4.78, 5) is 4.59. The van der Waals surface area contributed by atoms with Crippen molar-refractivity contribution in [2.45, 2.75) is 20.3 Å². The zero-order valence-electron chi connectivity index (χ0n) is 13.3. The van der Waals surface area contributed by atoms with E-state index in [1.165, 1.54) is 11.1 Å². The number of aryl methyl sites for hydroxylation is 1. The molecule has 3 aromatic rings. The van der Waals surface area contributed by atoms with Gasteiger partial charge in [0.25, 0.3) is 0 Å². The van der Waals surface area contributed by atoms with Crippen LogP contribution in [0.3, 0.4) is 0 Å². The second-order valence-corrected chi connectivity index (χ2v) is 6.38. The minimum absolute atomic E-state index is 0.813. The smallest absolute Gasteiger partial charge is 0.203 e. The fourth-order valence-corrected chi connectivity index (χ4v) is 2.92. The summed E-state index contributed by atoms with van der Waals surface area (Å²) in [5.74, 6) is 0. The Balaban J connectivity index is 1.64. The van der Waals surface area contributed by atoms with Gasteiger partial charge in [0.05, 0.1) is 5.69 Å². The topological polar surface area (TPSA) is 37.3 Å². The summed E-state index contributed by atoms with van der Waals surface area (Å²) in [5.41, 5.74) is 8.71. The Morgan fingerprint density at radius 2 is 1.83 bits per heavy atom. The minimum Gasteiger partial charge on any atom is -0.253 e. The highest BCUT2D eigenvalue weighted by Gasteiger charge is 2.04. The first kappa shape index (κ1) is 15.4. The van der Waals surface area contributed by atoms with Crippen molar-refractivity contribution in [2.24, 2.45) is 5.10 Å². The van der Waals surface area contributed by atoms with Gasteiger partial charge in [0.2, 0.25) is 5.13 Å². The van der Waals surface area contributed by atoms with Crippen molar-refractivity contribution in [1.82, 2.24) is 4.98 Å². The van der Waals surface area contributed by atoms with Crippen molar-refractivity contribution >= 4 is 22.2 Å². The van der Waals surface area contributed by atoms with E-state index >= 15 is 0 Å². The van der Waals surface area contributed by atoms with Crippen molar-refractivity contribution < 1.29 is 0 Å². The van der Waals surface area contributed by atoms with E-state index in [1.807, 2.05) is 25.1 Å². The van der Waals surface area contributed by atoms with E-state index in [2.05, 4.69) is 64.2 Å². The van der Waals surface area contributed by atoms with Gasteiger partial charge in [-0.25, -0.2) is 4.98 Å². The predicted molar refractivity (Wildman–Crippen MR) is 99.2 cm³/mol. The summed E-state index contributed by atoms with van der Waals surface area (Å²) in [6.07, 6.45) is 0.837. The summed E-state index contributed by atoms with van der Waals surface area (Å²) in [6, 6.07) is 18.7. The first-order valence-corrected chi connectivity index (χ1v) is 8.44. The number of hydrogen-bond donors (Lipinski definition) is 1. The number of nitrogens with one attached hydrogen (secondary N) is 1. The van der Waals surface area contributed by atoms with E-state index in [-0.39, 0.29) is 0 Å². The number of hydrazone groups is 1. The molecule has 0 aliphatic heterocycles. The van der Waals surface area contributed by atoms with Gasteiger partial charge >= 0.3 is 0 Å². The highest BCUT2D eigenvalue weighted by atomic mass is 32.1. The Labute approximate surface area is 140 Å². The Hall–Kier alpha value is -2.46. The largest absolute Gasteiger partial charge is 0.253 e. The molecule has 0 bridgehead atoms. The average molecular weight is 321 g/mol. The molecule has 23 heavy (non-hydrogen) atoms. The maximum absolute atomic E-state index is 4.59. The van der Waals surface area contributed by atoms with Gasteiger partial charge in [0.15, 0.2) is 0 Å². The molecule has 0 saturated carbocycles. The van der Waals surface area contributed by atoms with Crippen LogP contribution in [0.5, 0.6) is 0 Å². The molecule has 3 rings (SSSR count). The normalized spacial score (nSPS) is 11.5. The molecule has 0 saturated heterocycles. The third-order valence-corrected chi connectivity index (χ3v) is 4.24. The van der Waals surface area contributed by atoms with Crippen LogP contribution in [0, 0.1) is 6.92 Å². The van der Waals surface area contributed by atoms with E-state index < -0.39 is 0 Å². The Morgan fingerprint density at radius 1 is 1.09 bits per heavy atom. The second kappa shape index (κ2) is 7.20. The predicted octanol–water partition coefficient (Wildman–Crippen LogP) is 5.15. The summed E-state index contributed by atoms with van der Waals surface area (Å²) < 4.78 is 0. The molecule has 1 aromatic heterocycles. The van der Waals surface area contributed by atoms with Crippen LogP contribution >= 0.6 is 11.3 Å². The number of aromatic nitrogens is 1. The summed E-state index contributed by atoms with van der Waals surface area (Å²) in [5, 5.41) is 7.29. The first-order valence-electron chi connectivity index (χ1n) is 7.56. The molecule has 0 amide bonds. The van der Waals surface area contributed by atoms with Crippen molar-refractivity contribution in [1.29, 1.82) is 0 Å². The number of hydrogen-bond acceptors (Lipinski definition) is 4. The molecule has 2 aromatic carbocycles. The molecule has 4 heteroatoms. The van der Waals surface area contributed by atoms with Crippen molar-refractivity contribution in [3.05, 3.63) is 71.1 Å². The third-order valence-electron chi connectivity index (χ3n) is 3.50. The highest BCUT2D eigenvalue weighted by molar-refractivity contribution is 7.14. The van der Waals surface area contributed by atoms with Gasteiger partial charge in [-0.3, -0.25) is 5.43 Å². The van der Waals surface area contributed by atoms with Gasteiger partial charge in [0, 0.05) is 23.1 Å². The maximum Gasteiger partial charge on any atom is 0.203 e. The van der Waals surface area contributed by atoms with Crippen molar-refractivity contribution in [3.63, 3.8) is 0 Å². The van der Waals surface area contributed by atoms with Gasteiger partial charge in [-0.15, -0.1) is 11.3 Å². The van der Waals surface area contributed by atoms with Crippen LogP contribution in [0.1, 0.15) is 18.1 Å². The summed E-state index contributed by atoms with van der Waals surface area (Å²) in [6.45, 7) is 4.11. The van der Waals surface area contributed by atoms with Gasteiger partial charge in [-0.05, 0) is 19.4 Å². The van der Waals surface area contributed by atoms with E-state index in [9.17, 15) is 0 Å². The summed E-state index contributed by atoms with van der Waals surface area (Å²) >= 11 is 1.57. The van der Waals surface area contributed by atoms with Crippen LogP contribution in [0.15, 0.2) is 65.1 Å². The van der Waals surface area contributed by atoms with E-state index in [1.54, 1.807) is 11.3 Å². The number of anilines is 1. The fraction of sp³-hybridized carbons (Fsp3) is 0.158. The molecule has 0 aliphatic carbocycles. The Bertz CT molecular complexity index is 789. The molecule has 0 spiro atoms. The summed E-state index contributed by atoms with van der Waals surface area (Å²) in [7, 11) is 0. The molecule has 0 radical (unpaired) electrons. The molecule has 0 fully saturated rings.